The lowest BCUT2D eigenvalue weighted by Crippen LogP contribution is -1.99. The predicted octanol–water partition coefficient (Wildman–Crippen LogP) is 7.89. The van der Waals surface area contributed by atoms with Crippen molar-refractivity contribution < 1.29 is 0 Å². The van der Waals surface area contributed by atoms with Gasteiger partial charge in [-0.25, -0.2) is 4.98 Å². The van der Waals surface area contributed by atoms with E-state index in [0.717, 1.165) is 22.7 Å². The predicted molar refractivity (Wildman–Crippen MR) is 142 cm³/mol. The van der Waals surface area contributed by atoms with Crippen molar-refractivity contribution in [3.05, 3.63) is 114 Å². The maximum absolute atomic E-state index is 5.39. The van der Waals surface area contributed by atoms with Crippen LogP contribution in [0.2, 0.25) is 0 Å². The normalized spacial score (nSPS) is 11.8. The maximum Gasteiger partial charge on any atom is 0.148 e. The molecule has 0 spiro atoms. The minimum Gasteiger partial charge on any atom is -0.294 e. The Balaban J connectivity index is 1.69. The van der Waals surface area contributed by atoms with Gasteiger partial charge in [0.15, 0.2) is 0 Å². The highest BCUT2D eigenvalue weighted by Crippen LogP contribution is 2.37. The second kappa shape index (κ2) is 7.06. The highest BCUT2D eigenvalue weighted by Gasteiger charge is 2.19. The van der Waals surface area contributed by atoms with E-state index in [9.17, 15) is 0 Å². The van der Waals surface area contributed by atoms with Crippen molar-refractivity contribution in [3.63, 3.8) is 0 Å². The molecule has 3 heteroatoms. The molecule has 3 heterocycles. The first-order valence-electron chi connectivity index (χ1n) is 11.7. The Bertz CT molecular complexity index is 1750. The zero-order chi connectivity index (χ0) is 22.8. The van der Waals surface area contributed by atoms with E-state index in [1.807, 2.05) is 0 Å². The summed E-state index contributed by atoms with van der Waals surface area (Å²) < 4.78 is 4.60. The Morgan fingerprint density at radius 1 is 0.471 bits per heavy atom. The third kappa shape index (κ3) is 2.67. The van der Waals surface area contributed by atoms with Gasteiger partial charge in [-0.2, -0.15) is 0 Å². The van der Waals surface area contributed by atoms with Crippen molar-refractivity contribution in [2.24, 2.45) is 0 Å². The fourth-order valence-electron chi connectivity index (χ4n) is 5.31. The number of pyridine rings is 1. The van der Waals surface area contributed by atoms with Crippen LogP contribution >= 0.6 is 0 Å². The molecule has 0 aliphatic carbocycles. The summed E-state index contributed by atoms with van der Waals surface area (Å²) in [4.78, 5) is 5.39. The smallest absolute Gasteiger partial charge is 0.148 e. The van der Waals surface area contributed by atoms with E-state index in [2.05, 4.69) is 126 Å². The second-order valence-corrected chi connectivity index (χ2v) is 9.11. The first-order chi connectivity index (χ1) is 16.7. The summed E-state index contributed by atoms with van der Waals surface area (Å²) in [7, 11) is 0. The fraction of sp³-hybridized carbons (Fsp3) is 0.0645. The lowest BCUT2D eigenvalue weighted by atomic mass is 10.1. The van der Waals surface area contributed by atoms with Crippen molar-refractivity contribution in [3.8, 4) is 11.4 Å². The van der Waals surface area contributed by atoms with Crippen LogP contribution in [0, 0.1) is 13.8 Å². The van der Waals surface area contributed by atoms with E-state index in [1.54, 1.807) is 0 Å². The molecule has 0 fully saturated rings. The van der Waals surface area contributed by atoms with Crippen LogP contribution in [0.25, 0.3) is 55.2 Å². The Hall–Kier alpha value is -4.37. The van der Waals surface area contributed by atoms with E-state index in [-0.39, 0.29) is 0 Å². The largest absolute Gasteiger partial charge is 0.294 e. The topological polar surface area (TPSA) is 22.8 Å². The highest BCUT2D eigenvalue weighted by atomic mass is 15.1. The molecule has 0 atom stereocenters. The standard InChI is InChI=1S/C31H23N3/c1-20-9-7-11-22(17-20)33-28-15-5-3-13-24(28)26-19-27-25-14-4-6-16-29(25)34(31(27)32-30(26)33)23-12-8-10-21(2)18-23/h3-19H,1-2H3. The molecule has 7 aromatic rings. The van der Waals surface area contributed by atoms with Gasteiger partial charge in [0.05, 0.1) is 11.0 Å². The molecule has 0 saturated heterocycles. The van der Waals surface area contributed by atoms with Gasteiger partial charge >= 0.3 is 0 Å². The summed E-state index contributed by atoms with van der Waals surface area (Å²) in [6, 6.07) is 36.9. The number of para-hydroxylation sites is 2. The number of hydrogen-bond donors (Lipinski definition) is 0. The van der Waals surface area contributed by atoms with Crippen molar-refractivity contribution >= 4 is 43.9 Å². The zero-order valence-corrected chi connectivity index (χ0v) is 19.2. The molecule has 0 aliphatic heterocycles. The number of benzene rings is 4. The maximum atomic E-state index is 5.39. The lowest BCUT2D eigenvalue weighted by Gasteiger charge is -2.10. The minimum atomic E-state index is 0.982. The molecule has 0 unspecified atom stereocenters. The number of aromatic nitrogens is 3. The molecule has 0 aliphatic rings. The Labute approximate surface area is 197 Å². The summed E-state index contributed by atoms with van der Waals surface area (Å²) in [6.07, 6.45) is 0. The quantitative estimate of drug-likeness (QED) is 0.270. The molecule has 3 aromatic heterocycles. The fourth-order valence-corrected chi connectivity index (χ4v) is 5.31. The third-order valence-corrected chi connectivity index (χ3v) is 6.80. The number of rotatable bonds is 2. The monoisotopic (exact) mass is 437 g/mol. The van der Waals surface area contributed by atoms with E-state index < -0.39 is 0 Å². The van der Waals surface area contributed by atoms with Crippen molar-refractivity contribution in [1.82, 2.24) is 14.1 Å². The minimum absolute atomic E-state index is 0.982. The summed E-state index contributed by atoms with van der Waals surface area (Å²) in [5.41, 5.74) is 9.06. The van der Waals surface area contributed by atoms with Crippen LogP contribution in [0.1, 0.15) is 11.1 Å². The second-order valence-electron chi connectivity index (χ2n) is 9.11. The molecular formula is C31H23N3. The van der Waals surface area contributed by atoms with Crippen LogP contribution in [0.5, 0.6) is 0 Å². The van der Waals surface area contributed by atoms with Crippen LogP contribution in [-0.4, -0.2) is 14.1 Å². The van der Waals surface area contributed by atoms with Gasteiger partial charge in [-0.1, -0.05) is 60.7 Å². The van der Waals surface area contributed by atoms with Crippen molar-refractivity contribution in [1.29, 1.82) is 0 Å². The molecule has 7 rings (SSSR count). The molecular weight excluding hydrogens is 414 g/mol. The van der Waals surface area contributed by atoms with Crippen LogP contribution in [0.15, 0.2) is 103 Å². The van der Waals surface area contributed by atoms with Gasteiger partial charge in [0.1, 0.15) is 11.3 Å². The molecule has 0 amide bonds. The molecule has 0 bridgehead atoms. The van der Waals surface area contributed by atoms with Gasteiger partial charge in [0.2, 0.25) is 0 Å². The Kier molecular flexibility index (Phi) is 3.97. The van der Waals surface area contributed by atoms with Gasteiger partial charge in [-0.15, -0.1) is 0 Å². The zero-order valence-electron chi connectivity index (χ0n) is 19.2. The molecule has 162 valence electrons. The molecule has 0 N–H and O–H groups in total. The first kappa shape index (κ1) is 19.1. The van der Waals surface area contributed by atoms with Crippen LogP contribution in [-0.2, 0) is 0 Å². The Morgan fingerprint density at radius 2 is 0.941 bits per heavy atom. The molecule has 0 saturated carbocycles. The van der Waals surface area contributed by atoms with Gasteiger partial charge in [-0.05, 0) is 67.4 Å². The third-order valence-electron chi connectivity index (χ3n) is 6.80. The molecule has 4 aromatic carbocycles. The van der Waals surface area contributed by atoms with Crippen LogP contribution in [0.4, 0.5) is 0 Å². The molecule has 3 nitrogen and oxygen atoms in total. The van der Waals surface area contributed by atoms with E-state index in [4.69, 9.17) is 4.98 Å². The van der Waals surface area contributed by atoms with E-state index in [0.29, 0.717) is 0 Å². The number of nitrogens with zero attached hydrogens (tertiary/aromatic N) is 3. The summed E-state index contributed by atoms with van der Waals surface area (Å²) in [6.45, 7) is 4.28. The van der Waals surface area contributed by atoms with Gasteiger partial charge in [0, 0.05) is 32.9 Å². The van der Waals surface area contributed by atoms with Crippen LogP contribution in [0.3, 0.4) is 0 Å². The number of aryl methyl sites for hydroxylation is 2. The number of fused-ring (bicyclic) bond motifs is 6. The Morgan fingerprint density at radius 3 is 1.41 bits per heavy atom. The summed E-state index contributed by atoms with van der Waals surface area (Å²) in [5, 5.41) is 4.80. The SMILES string of the molecule is Cc1cccc(-n2c3ccccc3c3cc4c5ccccc5n(-c5cccc(C)c5)c4nc32)c1. The van der Waals surface area contributed by atoms with Crippen LogP contribution < -0.4 is 0 Å². The number of hydrogen-bond acceptors (Lipinski definition) is 1. The first-order valence-corrected chi connectivity index (χ1v) is 11.7. The average Bonchev–Trinajstić information content (AvgIpc) is 3.35. The average molecular weight is 438 g/mol. The van der Waals surface area contributed by atoms with E-state index in [1.165, 1.54) is 43.7 Å². The van der Waals surface area contributed by atoms with E-state index >= 15 is 0 Å². The lowest BCUT2D eigenvalue weighted by molar-refractivity contribution is 1.10. The van der Waals surface area contributed by atoms with Gasteiger partial charge in [0.25, 0.3) is 0 Å². The molecule has 34 heavy (non-hydrogen) atoms. The van der Waals surface area contributed by atoms with Crippen molar-refractivity contribution in [2.45, 2.75) is 13.8 Å². The van der Waals surface area contributed by atoms with Crippen molar-refractivity contribution in [2.75, 3.05) is 0 Å². The van der Waals surface area contributed by atoms with Gasteiger partial charge in [-0.3, -0.25) is 9.13 Å². The summed E-state index contributed by atoms with van der Waals surface area (Å²) >= 11 is 0. The van der Waals surface area contributed by atoms with Gasteiger partial charge < -0.3 is 0 Å². The molecule has 0 radical (unpaired) electrons. The summed E-state index contributed by atoms with van der Waals surface area (Å²) in [5.74, 6) is 0. The highest BCUT2D eigenvalue weighted by molar-refractivity contribution is 6.16.